The molecule has 1 fully saturated rings. The Bertz CT molecular complexity index is 380. The van der Waals surface area contributed by atoms with E-state index in [1.807, 2.05) is 0 Å². The van der Waals surface area contributed by atoms with E-state index in [1.165, 1.54) is 31.2 Å². The highest BCUT2D eigenvalue weighted by Gasteiger charge is 2.24. The maximum Gasteiger partial charge on any atom is 0.0750 e. The molecule has 0 spiro atoms. The van der Waals surface area contributed by atoms with E-state index < -0.39 is 0 Å². The van der Waals surface area contributed by atoms with Gasteiger partial charge in [-0.1, -0.05) is 30.3 Å². The summed E-state index contributed by atoms with van der Waals surface area (Å²) >= 11 is 0. The molecule has 2 heteroatoms. The summed E-state index contributed by atoms with van der Waals surface area (Å²) in [5.41, 5.74) is 1.46. The highest BCUT2D eigenvalue weighted by Crippen LogP contribution is 2.32. The minimum absolute atomic E-state index is 0.0506. The van der Waals surface area contributed by atoms with Crippen molar-refractivity contribution in [1.82, 2.24) is 5.32 Å². The van der Waals surface area contributed by atoms with Crippen LogP contribution in [0, 0.1) is 0 Å². The molecule has 0 saturated heterocycles. The van der Waals surface area contributed by atoms with Gasteiger partial charge in [-0.15, -0.1) is 0 Å². The predicted molar refractivity (Wildman–Crippen MR) is 85.1 cm³/mol. The smallest absolute Gasteiger partial charge is 0.0750 e. The van der Waals surface area contributed by atoms with Crippen LogP contribution in [0.25, 0.3) is 0 Å². The van der Waals surface area contributed by atoms with Gasteiger partial charge in [0.2, 0.25) is 0 Å². The fourth-order valence-electron chi connectivity index (χ4n) is 3.19. The standard InChI is InChI=1S/C18H29NO/c1-4-20-18(2,3)14-19-17-12-10-16(11-13-17)15-8-6-5-7-9-15/h5-9,16-17,19H,4,10-14H2,1-3H3. The van der Waals surface area contributed by atoms with Crippen LogP contribution in [0.15, 0.2) is 30.3 Å². The van der Waals surface area contributed by atoms with Gasteiger partial charge < -0.3 is 10.1 Å². The van der Waals surface area contributed by atoms with E-state index in [0.29, 0.717) is 6.04 Å². The van der Waals surface area contributed by atoms with Crippen molar-refractivity contribution in [1.29, 1.82) is 0 Å². The lowest BCUT2D eigenvalue weighted by atomic mass is 9.81. The van der Waals surface area contributed by atoms with E-state index in [1.54, 1.807) is 0 Å². The van der Waals surface area contributed by atoms with E-state index in [0.717, 1.165) is 19.1 Å². The Morgan fingerprint density at radius 3 is 2.35 bits per heavy atom. The second-order valence-corrected chi connectivity index (χ2v) is 6.53. The molecule has 0 amide bonds. The Morgan fingerprint density at radius 1 is 1.10 bits per heavy atom. The number of hydrogen-bond acceptors (Lipinski definition) is 2. The summed E-state index contributed by atoms with van der Waals surface area (Å²) in [5.74, 6) is 0.758. The van der Waals surface area contributed by atoms with Gasteiger partial charge in [-0.2, -0.15) is 0 Å². The average Bonchev–Trinajstić information content (AvgIpc) is 2.47. The first-order chi connectivity index (χ1) is 9.61. The minimum atomic E-state index is -0.0506. The molecule has 20 heavy (non-hydrogen) atoms. The van der Waals surface area contributed by atoms with Crippen molar-refractivity contribution in [3.05, 3.63) is 35.9 Å². The number of ether oxygens (including phenoxy) is 1. The van der Waals surface area contributed by atoms with Gasteiger partial charge in [0.1, 0.15) is 0 Å². The summed E-state index contributed by atoms with van der Waals surface area (Å²) in [4.78, 5) is 0. The quantitative estimate of drug-likeness (QED) is 0.843. The van der Waals surface area contributed by atoms with Crippen LogP contribution in [0.4, 0.5) is 0 Å². The van der Waals surface area contributed by atoms with Crippen molar-refractivity contribution in [2.75, 3.05) is 13.2 Å². The molecule has 0 aliphatic heterocycles. The van der Waals surface area contributed by atoms with Gasteiger partial charge in [0, 0.05) is 19.2 Å². The molecule has 1 N–H and O–H groups in total. The highest BCUT2D eigenvalue weighted by atomic mass is 16.5. The molecule has 0 bridgehead atoms. The van der Waals surface area contributed by atoms with Crippen LogP contribution in [0.1, 0.15) is 57.9 Å². The van der Waals surface area contributed by atoms with E-state index >= 15 is 0 Å². The van der Waals surface area contributed by atoms with Gasteiger partial charge in [-0.25, -0.2) is 0 Å². The molecule has 0 atom stereocenters. The van der Waals surface area contributed by atoms with Gasteiger partial charge in [0.05, 0.1) is 5.60 Å². The van der Waals surface area contributed by atoms with Crippen molar-refractivity contribution in [3.8, 4) is 0 Å². The molecule has 0 aromatic heterocycles. The van der Waals surface area contributed by atoms with Gasteiger partial charge in [0.15, 0.2) is 0 Å². The Hall–Kier alpha value is -0.860. The summed E-state index contributed by atoms with van der Waals surface area (Å²) < 4.78 is 5.75. The van der Waals surface area contributed by atoms with Crippen LogP contribution >= 0.6 is 0 Å². The maximum absolute atomic E-state index is 5.75. The summed E-state index contributed by atoms with van der Waals surface area (Å²) in [5, 5.41) is 3.69. The van der Waals surface area contributed by atoms with Crippen LogP contribution in [0.2, 0.25) is 0 Å². The second kappa shape index (κ2) is 7.24. The van der Waals surface area contributed by atoms with E-state index in [2.05, 4.69) is 56.4 Å². The molecular formula is C18H29NO. The first-order valence-electron chi connectivity index (χ1n) is 8.03. The first kappa shape index (κ1) is 15.5. The Labute approximate surface area is 123 Å². The van der Waals surface area contributed by atoms with E-state index in [4.69, 9.17) is 4.74 Å². The molecule has 1 aromatic rings. The summed E-state index contributed by atoms with van der Waals surface area (Å²) in [6, 6.07) is 11.6. The molecule has 1 aromatic carbocycles. The average molecular weight is 275 g/mol. The van der Waals surface area contributed by atoms with Crippen molar-refractivity contribution in [2.45, 2.75) is 64.0 Å². The number of rotatable bonds is 6. The van der Waals surface area contributed by atoms with Gasteiger partial charge >= 0.3 is 0 Å². The monoisotopic (exact) mass is 275 g/mol. The van der Waals surface area contributed by atoms with Crippen molar-refractivity contribution in [3.63, 3.8) is 0 Å². The van der Waals surface area contributed by atoms with Gasteiger partial charge in [0.25, 0.3) is 0 Å². The van der Waals surface area contributed by atoms with E-state index in [9.17, 15) is 0 Å². The van der Waals surface area contributed by atoms with Crippen LogP contribution < -0.4 is 5.32 Å². The van der Waals surface area contributed by atoms with Crippen LogP contribution in [0.5, 0.6) is 0 Å². The lowest BCUT2D eigenvalue weighted by molar-refractivity contribution is -0.0114. The Kier molecular flexibility index (Phi) is 5.62. The molecule has 1 aliphatic rings. The highest BCUT2D eigenvalue weighted by molar-refractivity contribution is 5.20. The topological polar surface area (TPSA) is 21.3 Å². The third-order valence-corrected chi connectivity index (χ3v) is 4.35. The molecular weight excluding hydrogens is 246 g/mol. The zero-order valence-electron chi connectivity index (χ0n) is 13.2. The number of hydrogen-bond donors (Lipinski definition) is 1. The molecule has 0 unspecified atom stereocenters. The summed E-state index contributed by atoms with van der Waals surface area (Å²) in [6.07, 6.45) is 5.16. The maximum atomic E-state index is 5.75. The lowest BCUT2D eigenvalue weighted by Crippen LogP contribution is -2.43. The third-order valence-electron chi connectivity index (χ3n) is 4.35. The molecule has 1 saturated carbocycles. The molecule has 112 valence electrons. The zero-order chi connectivity index (χ0) is 14.4. The summed E-state index contributed by atoms with van der Waals surface area (Å²) in [7, 11) is 0. The SMILES string of the molecule is CCOC(C)(C)CNC1CCC(c2ccccc2)CC1. The van der Waals surface area contributed by atoms with Crippen molar-refractivity contribution >= 4 is 0 Å². The second-order valence-electron chi connectivity index (χ2n) is 6.53. The Balaban J connectivity index is 1.75. The fraction of sp³-hybridized carbons (Fsp3) is 0.667. The van der Waals surface area contributed by atoms with Crippen LogP contribution in [-0.2, 0) is 4.74 Å². The number of nitrogens with one attached hydrogen (secondary N) is 1. The third kappa shape index (κ3) is 4.60. The lowest BCUT2D eigenvalue weighted by Gasteiger charge is -2.33. The zero-order valence-corrected chi connectivity index (χ0v) is 13.2. The largest absolute Gasteiger partial charge is 0.375 e. The van der Waals surface area contributed by atoms with Gasteiger partial charge in [-0.3, -0.25) is 0 Å². The van der Waals surface area contributed by atoms with Crippen molar-refractivity contribution in [2.24, 2.45) is 0 Å². The molecule has 0 heterocycles. The van der Waals surface area contributed by atoms with E-state index in [-0.39, 0.29) is 5.60 Å². The van der Waals surface area contributed by atoms with Crippen LogP contribution in [-0.4, -0.2) is 24.8 Å². The molecule has 1 aliphatic carbocycles. The minimum Gasteiger partial charge on any atom is -0.375 e. The molecule has 0 radical (unpaired) electrons. The fourth-order valence-corrected chi connectivity index (χ4v) is 3.19. The first-order valence-corrected chi connectivity index (χ1v) is 8.03. The molecule has 2 rings (SSSR count). The Morgan fingerprint density at radius 2 is 1.75 bits per heavy atom. The number of benzene rings is 1. The van der Waals surface area contributed by atoms with Gasteiger partial charge in [-0.05, 0) is 57.9 Å². The molecule has 2 nitrogen and oxygen atoms in total. The van der Waals surface area contributed by atoms with Crippen molar-refractivity contribution < 1.29 is 4.74 Å². The summed E-state index contributed by atoms with van der Waals surface area (Å²) in [6.45, 7) is 8.13. The predicted octanol–water partition coefficient (Wildman–Crippen LogP) is 4.12. The van der Waals surface area contributed by atoms with Crippen LogP contribution in [0.3, 0.4) is 0 Å². The normalized spacial score (nSPS) is 23.8.